The van der Waals surface area contributed by atoms with Crippen molar-refractivity contribution in [3.8, 4) is 11.5 Å². The number of ether oxygens (including phenoxy) is 2. The minimum atomic E-state index is -0.0907. The summed E-state index contributed by atoms with van der Waals surface area (Å²) in [5.74, 6) is 1.54. The van der Waals surface area contributed by atoms with Gasteiger partial charge in [0, 0.05) is 6.42 Å². The van der Waals surface area contributed by atoms with Crippen LogP contribution in [0.2, 0.25) is 0 Å². The molecule has 0 N–H and O–H groups in total. The number of rotatable bonds is 8. The molecule has 6 heteroatoms. The van der Waals surface area contributed by atoms with Crippen LogP contribution in [0.1, 0.15) is 28.7 Å². The lowest BCUT2D eigenvalue weighted by molar-refractivity contribution is -0.113. The Labute approximate surface area is 210 Å². The standard InChI is InChI=1S/C28H27NO3S2/c1-19-8-4-12-23(16-19)31-14-7-15-32-24-13-6-11-22(17-24)18-25-27(30)29(28(33)34-25)26-20(2)9-5-10-21(26)3/h4-6,8-13,16-18H,7,14-15H2,1-3H3. The van der Waals surface area contributed by atoms with E-state index in [0.717, 1.165) is 40.3 Å². The first kappa shape index (κ1) is 24.0. The van der Waals surface area contributed by atoms with Gasteiger partial charge in [-0.2, -0.15) is 0 Å². The quantitative estimate of drug-likeness (QED) is 0.196. The molecule has 1 saturated heterocycles. The minimum absolute atomic E-state index is 0.0907. The van der Waals surface area contributed by atoms with E-state index >= 15 is 0 Å². The first-order chi connectivity index (χ1) is 16.4. The molecule has 0 spiro atoms. The van der Waals surface area contributed by atoms with Crippen LogP contribution in [0.15, 0.2) is 71.6 Å². The number of hydrogen-bond donors (Lipinski definition) is 0. The second-order valence-electron chi connectivity index (χ2n) is 8.20. The fraction of sp³-hybridized carbons (Fsp3) is 0.214. The Morgan fingerprint density at radius 1 is 0.882 bits per heavy atom. The Hall–Kier alpha value is -3.09. The van der Waals surface area contributed by atoms with Crippen LogP contribution in [0.25, 0.3) is 6.08 Å². The van der Waals surface area contributed by atoms with Gasteiger partial charge in [-0.1, -0.05) is 66.4 Å². The summed E-state index contributed by atoms with van der Waals surface area (Å²) in [4.78, 5) is 15.4. The van der Waals surface area contributed by atoms with Crippen LogP contribution < -0.4 is 14.4 Å². The zero-order valence-corrected chi connectivity index (χ0v) is 21.2. The number of anilines is 1. The summed E-state index contributed by atoms with van der Waals surface area (Å²) in [5, 5.41) is 0. The molecule has 1 aliphatic heterocycles. The van der Waals surface area contributed by atoms with Crippen molar-refractivity contribution in [2.45, 2.75) is 27.2 Å². The Morgan fingerprint density at radius 2 is 1.50 bits per heavy atom. The maximum Gasteiger partial charge on any atom is 0.270 e. The van der Waals surface area contributed by atoms with Crippen LogP contribution >= 0.6 is 24.0 Å². The monoisotopic (exact) mass is 489 g/mol. The van der Waals surface area contributed by atoms with Crippen molar-refractivity contribution in [1.82, 2.24) is 0 Å². The van der Waals surface area contributed by atoms with E-state index in [1.54, 1.807) is 4.90 Å². The van der Waals surface area contributed by atoms with Crippen molar-refractivity contribution < 1.29 is 14.3 Å². The predicted octanol–water partition coefficient (Wildman–Crippen LogP) is 6.87. The van der Waals surface area contributed by atoms with Crippen LogP contribution in [-0.4, -0.2) is 23.4 Å². The maximum absolute atomic E-state index is 13.2. The second-order valence-corrected chi connectivity index (χ2v) is 9.87. The molecule has 0 atom stereocenters. The van der Waals surface area contributed by atoms with Gasteiger partial charge in [0.1, 0.15) is 11.5 Å². The average molecular weight is 490 g/mol. The molecule has 0 unspecified atom stereocenters. The zero-order valence-electron chi connectivity index (χ0n) is 19.5. The molecule has 174 valence electrons. The van der Waals surface area contributed by atoms with Crippen molar-refractivity contribution in [3.63, 3.8) is 0 Å². The molecule has 0 aliphatic carbocycles. The number of nitrogens with zero attached hydrogens (tertiary/aromatic N) is 1. The number of carbonyl (C=O) groups is 1. The molecule has 1 heterocycles. The summed E-state index contributed by atoms with van der Waals surface area (Å²) < 4.78 is 12.2. The molecule has 1 amide bonds. The normalized spacial score (nSPS) is 14.7. The van der Waals surface area contributed by atoms with Crippen LogP contribution in [0.5, 0.6) is 11.5 Å². The number of thiocarbonyl (C=S) groups is 1. The number of para-hydroxylation sites is 1. The first-order valence-electron chi connectivity index (χ1n) is 11.2. The van der Waals surface area contributed by atoms with E-state index in [-0.39, 0.29) is 5.91 Å². The van der Waals surface area contributed by atoms with E-state index in [1.165, 1.54) is 17.3 Å². The van der Waals surface area contributed by atoms with Crippen LogP contribution in [-0.2, 0) is 4.79 Å². The largest absolute Gasteiger partial charge is 0.493 e. The third kappa shape index (κ3) is 5.69. The summed E-state index contributed by atoms with van der Waals surface area (Å²) in [6.07, 6.45) is 2.65. The first-order valence-corrected chi connectivity index (χ1v) is 12.4. The van der Waals surface area contributed by atoms with Gasteiger partial charge in [0.15, 0.2) is 4.32 Å². The molecule has 1 fully saturated rings. The highest BCUT2D eigenvalue weighted by Crippen LogP contribution is 2.38. The summed E-state index contributed by atoms with van der Waals surface area (Å²) >= 11 is 6.88. The number of benzene rings is 3. The van der Waals surface area contributed by atoms with Crippen molar-refractivity contribution in [2.75, 3.05) is 18.1 Å². The van der Waals surface area contributed by atoms with Gasteiger partial charge in [0.25, 0.3) is 5.91 Å². The van der Waals surface area contributed by atoms with Gasteiger partial charge >= 0.3 is 0 Å². The smallest absolute Gasteiger partial charge is 0.270 e. The highest BCUT2D eigenvalue weighted by Gasteiger charge is 2.34. The van der Waals surface area contributed by atoms with E-state index in [4.69, 9.17) is 21.7 Å². The zero-order chi connectivity index (χ0) is 24.1. The molecule has 3 aromatic rings. The molecular weight excluding hydrogens is 462 g/mol. The summed E-state index contributed by atoms with van der Waals surface area (Å²) in [7, 11) is 0. The van der Waals surface area contributed by atoms with Crippen LogP contribution in [0.3, 0.4) is 0 Å². The molecule has 3 aromatic carbocycles. The third-order valence-electron chi connectivity index (χ3n) is 5.43. The maximum atomic E-state index is 13.2. The van der Waals surface area contributed by atoms with Gasteiger partial charge in [-0.25, -0.2) is 0 Å². The highest BCUT2D eigenvalue weighted by molar-refractivity contribution is 8.27. The van der Waals surface area contributed by atoms with Crippen LogP contribution in [0.4, 0.5) is 5.69 Å². The molecule has 0 bridgehead atoms. The lowest BCUT2D eigenvalue weighted by Gasteiger charge is -2.19. The molecule has 34 heavy (non-hydrogen) atoms. The van der Waals surface area contributed by atoms with Gasteiger partial charge in [-0.15, -0.1) is 0 Å². The Bertz CT molecular complexity index is 1230. The van der Waals surface area contributed by atoms with Crippen molar-refractivity contribution in [2.24, 2.45) is 0 Å². The molecule has 0 aromatic heterocycles. The Morgan fingerprint density at radius 3 is 2.18 bits per heavy atom. The van der Waals surface area contributed by atoms with Gasteiger partial charge in [0.2, 0.25) is 0 Å². The average Bonchev–Trinajstić information content (AvgIpc) is 3.07. The third-order valence-corrected chi connectivity index (χ3v) is 6.73. The topological polar surface area (TPSA) is 38.8 Å². The molecule has 0 saturated carbocycles. The van der Waals surface area contributed by atoms with Crippen LogP contribution in [0, 0.1) is 20.8 Å². The summed E-state index contributed by atoms with van der Waals surface area (Å²) in [6.45, 7) is 7.17. The number of amides is 1. The van der Waals surface area contributed by atoms with Gasteiger partial charge < -0.3 is 9.47 Å². The number of carbonyl (C=O) groups excluding carboxylic acids is 1. The lowest BCUT2D eigenvalue weighted by Crippen LogP contribution is -2.29. The fourth-order valence-electron chi connectivity index (χ4n) is 3.81. The van der Waals surface area contributed by atoms with Crippen molar-refractivity contribution in [3.05, 3.63) is 93.9 Å². The SMILES string of the molecule is Cc1cccc(OCCCOc2cccc(C=C3SC(=S)N(c4c(C)cccc4C)C3=O)c2)c1. The van der Waals surface area contributed by atoms with E-state index in [9.17, 15) is 4.79 Å². The Balaban J connectivity index is 1.37. The number of thioether (sulfide) groups is 1. The second kappa shape index (κ2) is 10.9. The molecule has 0 radical (unpaired) electrons. The van der Waals surface area contributed by atoms with E-state index < -0.39 is 0 Å². The van der Waals surface area contributed by atoms with E-state index in [0.29, 0.717) is 22.4 Å². The molecule has 4 nitrogen and oxygen atoms in total. The van der Waals surface area contributed by atoms with E-state index in [2.05, 4.69) is 0 Å². The lowest BCUT2D eigenvalue weighted by atomic mass is 10.1. The number of aryl methyl sites for hydroxylation is 3. The Kier molecular flexibility index (Phi) is 7.70. The summed E-state index contributed by atoms with van der Waals surface area (Å²) in [6, 6.07) is 21.7. The van der Waals surface area contributed by atoms with Gasteiger partial charge in [-0.05, 0) is 73.4 Å². The van der Waals surface area contributed by atoms with Crippen molar-refractivity contribution in [1.29, 1.82) is 0 Å². The van der Waals surface area contributed by atoms with Gasteiger partial charge in [-0.3, -0.25) is 9.69 Å². The molecule has 4 rings (SSSR count). The van der Waals surface area contributed by atoms with Gasteiger partial charge in [0.05, 0.1) is 23.8 Å². The predicted molar refractivity (Wildman–Crippen MR) is 145 cm³/mol. The fourth-order valence-corrected chi connectivity index (χ4v) is 5.08. The minimum Gasteiger partial charge on any atom is -0.493 e. The van der Waals surface area contributed by atoms with Crippen molar-refractivity contribution >= 4 is 46.0 Å². The van der Waals surface area contributed by atoms with E-state index in [1.807, 2.05) is 93.6 Å². The summed E-state index contributed by atoms with van der Waals surface area (Å²) in [5.41, 5.74) is 5.00. The highest BCUT2D eigenvalue weighted by atomic mass is 32.2. The molecule has 1 aliphatic rings. The molecular formula is C28H27NO3S2. The number of hydrogen-bond acceptors (Lipinski definition) is 5.